The third kappa shape index (κ3) is 8.24. The van der Waals surface area contributed by atoms with E-state index >= 15 is 0 Å². The molecule has 0 radical (unpaired) electrons. The molecular formula is C14H25NO4. The van der Waals surface area contributed by atoms with Gasteiger partial charge >= 0.3 is 12.1 Å². The predicted octanol–water partition coefficient (Wildman–Crippen LogP) is 2.96. The maximum Gasteiger partial charge on any atom is 0.407 e. The minimum atomic E-state index is -1.06. The number of alkyl carbamates (subject to hydrolysis) is 1. The average Bonchev–Trinajstić information content (AvgIpc) is 2.28. The van der Waals surface area contributed by atoms with Gasteiger partial charge < -0.3 is 15.2 Å². The number of carbonyl (C=O) groups excluding carboxylic acids is 1. The van der Waals surface area contributed by atoms with E-state index in [1.165, 1.54) is 0 Å². The van der Waals surface area contributed by atoms with Crippen molar-refractivity contribution in [1.82, 2.24) is 5.32 Å². The van der Waals surface area contributed by atoms with Crippen molar-refractivity contribution >= 4 is 12.1 Å². The number of ether oxygens (including phenoxy) is 1. The molecule has 0 bridgehead atoms. The number of carbonyl (C=O) groups is 2. The molecule has 5 nitrogen and oxygen atoms in total. The molecule has 0 saturated heterocycles. The Morgan fingerprint density at radius 2 is 1.95 bits per heavy atom. The fourth-order valence-electron chi connectivity index (χ4n) is 1.54. The smallest absolute Gasteiger partial charge is 0.407 e. The van der Waals surface area contributed by atoms with Crippen molar-refractivity contribution in [3.63, 3.8) is 0 Å². The Morgan fingerprint density at radius 1 is 1.32 bits per heavy atom. The van der Waals surface area contributed by atoms with Crippen LogP contribution in [0, 0.1) is 5.41 Å². The van der Waals surface area contributed by atoms with Gasteiger partial charge in [-0.15, -0.1) is 6.58 Å². The predicted molar refractivity (Wildman–Crippen MR) is 74.0 cm³/mol. The van der Waals surface area contributed by atoms with Gasteiger partial charge in [-0.1, -0.05) is 26.8 Å². The zero-order valence-corrected chi connectivity index (χ0v) is 12.1. The highest BCUT2D eigenvalue weighted by Crippen LogP contribution is 2.19. The minimum Gasteiger partial charge on any atom is -0.480 e. The number of hydrogen-bond acceptors (Lipinski definition) is 3. The van der Waals surface area contributed by atoms with Gasteiger partial charge in [0.25, 0.3) is 0 Å². The summed E-state index contributed by atoms with van der Waals surface area (Å²) in [5.74, 6) is -1.06. The summed E-state index contributed by atoms with van der Waals surface area (Å²) in [5, 5.41) is 11.4. The van der Waals surface area contributed by atoms with E-state index in [0.29, 0.717) is 6.61 Å². The van der Waals surface area contributed by atoms with Gasteiger partial charge in [-0.05, 0) is 31.1 Å². The first-order chi connectivity index (χ1) is 8.79. The zero-order chi connectivity index (χ0) is 14.9. The molecule has 5 heteroatoms. The number of rotatable bonds is 8. The largest absolute Gasteiger partial charge is 0.480 e. The average molecular weight is 271 g/mol. The summed E-state index contributed by atoms with van der Waals surface area (Å²) in [6.07, 6.45) is 4.89. The highest BCUT2D eigenvalue weighted by molar-refractivity contribution is 5.80. The van der Waals surface area contributed by atoms with E-state index < -0.39 is 23.5 Å². The fraction of sp³-hybridized carbons (Fsp3) is 0.714. The Labute approximate surface area is 115 Å². The van der Waals surface area contributed by atoms with Gasteiger partial charge in [-0.2, -0.15) is 0 Å². The molecule has 0 aromatic heterocycles. The van der Waals surface area contributed by atoms with Crippen LogP contribution in [-0.2, 0) is 9.53 Å². The summed E-state index contributed by atoms with van der Waals surface area (Å²) in [5.41, 5.74) is -0.561. The highest BCUT2D eigenvalue weighted by atomic mass is 16.5. The number of nitrogens with one attached hydrogen (secondary N) is 1. The Hall–Kier alpha value is -1.52. The normalized spacial score (nSPS) is 12.6. The molecular weight excluding hydrogens is 246 g/mol. The van der Waals surface area contributed by atoms with Crippen LogP contribution in [0.15, 0.2) is 12.7 Å². The lowest BCUT2D eigenvalue weighted by atomic mass is 9.87. The molecule has 1 atom stereocenters. The van der Waals surface area contributed by atoms with Crippen LogP contribution >= 0.6 is 0 Å². The van der Waals surface area contributed by atoms with Crippen LogP contribution in [0.4, 0.5) is 4.79 Å². The second-order valence-corrected chi connectivity index (χ2v) is 5.56. The monoisotopic (exact) mass is 271 g/mol. The van der Waals surface area contributed by atoms with Crippen LogP contribution in [-0.4, -0.2) is 29.8 Å². The van der Waals surface area contributed by atoms with Gasteiger partial charge in [0.15, 0.2) is 0 Å². The lowest BCUT2D eigenvalue weighted by Crippen LogP contribution is -2.49. The lowest BCUT2D eigenvalue weighted by molar-refractivity contribution is -0.142. The van der Waals surface area contributed by atoms with E-state index in [9.17, 15) is 9.59 Å². The summed E-state index contributed by atoms with van der Waals surface area (Å²) in [4.78, 5) is 22.5. The standard InChI is InChI=1S/C14H25NO4/c1-5-6-7-8-9-10-19-13(18)15-11(12(16)17)14(2,3)4/h5,11H,1,6-10H2,2-4H3,(H,15,18)(H,16,17)/t11-/m1/s1. The van der Waals surface area contributed by atoms with Crippen molar-refractivity contribution in [2.75, 3.05) is 6.61 Å². The molecule has 0 aliphatic carbocycles. The van der Waals surface area contributed by atoms with Crippen LogP contribution < -0.4 is 5.32 Å². The van der Waals surface area contributed by atoms with Gasteiger partial charge in [-0.3, -0.25) is 0 Å². The Balaban J connectivity index is 3.95. The molecule has 0 aromatic carbocycles. The Morgan fingerprint density at radius 3 is 2.42 bits per heavy atom. The number of allylic oxidation sites excluding steroid dienone is 1. The lowest BCUT2D eigenvalue weighted by Gasteiger charge is -2.27. The molecule has 2 N–H and O–H groups in total. The molecule has 0 unspecified atom stereocenters. The first-order valence-corrected chi connectivity index (χ1v) is 6.56. The van der Waals surface area contributed by atoms with E-state index in [-0.39, 0.29) is 0 Å². The molecule has 0 spiro atoms. The van der Waals surface area contributed by atoms with E-state index in [1.54, 1.807) is 20.8 Å². The molecule has 0 aliphatic rings. The molecule has 110 valence electrons. The van der Waals surface area contributed by atoms with Crippen molar-refractivity contribution < 1.29 is 19.4 Å². The topological polar surface area (TPSA) is 75.6 Å². The summed E-state index contributed by atoms with van der Waals surface area (Å²) < 4.78 is 4.96. The maximum absolute atomic E-state index is 11.5. The first kappa shape index (κ1) is 17.5. The molecule has 0 aliphatic heterocycles. The van der Waals surface area contributed by atoms with Gasteiger partial charge in [0.1, 0.15) is 6.04 Å². The van der Waals surface area contributed by atoms with Crippen LogP contribution in [0.5, 0.6) is 0 Å². The molecule has 0 heterocycles. The molecule has 19 heavy (non-hydrogen) atoms. The summed E-state index contributed by atoms with van der Waals surface area (Å²) in [6, 6.07) is -0.958. The van der Waals surface area contributed by atoms with Gasteiger partial charge in [-0.25, -0.2) is 9.59 Å². The van der Waals surface area contributed by atoms with Crippen molar-refractivity contribution in [3.8, 4) is 0 Å². The van der Waals surface area contributed by atoms with Crippen molar-refractivity contribution in [2.24, 2.45) is 5.41 Å². The zero-order valence-electron chi connectivity index (χ0n) is 12.1. The van der Waals surface area contributed by atoms with Crippen molar-refractivity contribution in [1.29, 1.82) is 0 Å². The number of carboxylic acid groups (broad SMARTS) is 1. The summed E-state index contributed by atoms with van der Waals surface area (Å²) in [7, 11) is 0. The van der Waals surface area contributed by atoms with Gasteiger partial charge in [0, 0.05) is 0 Å². The number of aliphatic carboxylic acids is 1. The molecule has 0 fully saturated rings. The minimum absolute atomic E-state index is 0.305. The van der Waals surface area contributed by atoms with E-state index in [0.717, 1.165) is 25.7 Å². The third-order valence-corrected chi connectivity index (χ3v) is 2.66. The van der Waals surface area contributed by atoms with Gasteiger partial charge in [0.2, 0.25) is 0 Å². The second-order valence-electron chi connectivity index (χ2n) is 5.56. The maximum atomic E-state index is 11.5. The van der Waals surface area contributed by atoms with Gasteiger partial charge in [0.05, 0.1) is 6.61 Å². The number of amides is 1. The third-order valence-electron chi connectivity index (χ3n) is 2.66. The van der Waals surface area contributed by atoms with E-state index in [1.807, 2.05) is 6.08 Å². The first-order valence-electron chi connectivity index (χ1n) is 6.56. The van der Waals surface area contributed by atoms with Crippen LogP contribution in [0.25, 0.3) is 0 Å². The number of unbranched alkanes of at least 4 members (excludes halogenated alkanes) is 3. The number of hydrogen-bond donors (Lipinski definition) is 2. The van der Waals surface area contributed by atoms with E-state index in [4.69, 9.17) is 9.84 Å². The molecule has 0 aromatic rings. The van der Waals surface area contributed by atoms with Crippen LogP contribution in [0.3, 0.4) is 0 Å². The van der Waals surface area contributed by atoms with E-state index in [2.05, 4.69) is 11.9 Å². The van der Waals surface area contributed by atoms with Crippen molar-refractivity contribution in [3.05, 3.63) is 12.7 Å². The SMILES string of the molecule is C=CCCCCCOC(=O)N[C@H](C(=O)O)C(C)(C)C. The summed E-state index contributed by atoms with van der Waals surface area (Å²) >= 11 is 0. The summed E-state index contributed by atoms with van der Waals surface area (Å²) in [6.45, 7) is 9.19. The molecule has 1 amide bonds. The highest BCUT2D eigenvalue weighted by Gasteiger charge is 2.32. The Bertz CT molecular complexity index is 307. The van der Waals surface area contributed by atoms with Crippen molar-refractivity contribution in [2.45, 2.75) is 52.5 Å². The van der Waals surface area contributed by atoms with Crippen LogP contribution in [0.2, 0.25) is 0 Å². The second kappa shape index (κ2) is 8.56. The Kier molecular flexibility index (Phi) is 7.87. The molecule has 0 saturated carbocycles. The van der Waals surface area contributed by atoms with Crippen LogP contribution in [0.1, 0.15) is 46.5 Å². The number of carboxylic acids is 1. The quantitative estimate of drug-likeness (QED) is 0.525. The molecule has 0 rings (SSSR count). The fourth-order valence-corrected chi connectivity index (χ4v) is 1.54.